The Bertz CT molecular complexity index is 1380. The minimum atomic E-state index is -4.73. The van der Waals surface area contributed by atoms with E-state index in [1.54, 1.807) is 12.1 Å². The summed E-state index contributed by atoms with van der Waals surface area (Å²) in [5.74, 6) is -3.15. The van der Waals surface area contributed by atoms with Crippen molar-refractivity contribution in [3.8, 4) is 12.1 Å². The molecule has 0 saturated heterocycles. The van der Waals surface area contributed by atoms with Gasteiger partial charge in [-0.2, -0.15) is 31.6 Å². The Hall–Kier alpha value is -4.28. The highest BCUT2D eigenvalue weighted by atomic mass is 19.4. The Morgan fingerprint density at radius 2 is 1.47 bits per heavy atom. The predicted octanol–water partition coefficient (Wildman–Crippen LogP) is 6.67. The Labute approximate surface area is 189 Å². The van der Waals surface area contributed by atoms with Crippen molar-refractivity contribution >= 4 is 5.57 Å². The number of halogens is 6. The maximum absolute atomic E-state index is 13.5. The van der Waals surface area contributed by atoms with Crippen LogP contribution in [0.3, 0.4) is 0 Å². The summed E-state index contributed by atoms with van der Waals surface area (Å²) in [4.78, 5) is 6.45. The van der Waals surface area contributed by atoms with Crippen molar-refractivity contribution in [3.63, 3.8) is 0 Å². The van der Waals surface area contributed by atoms with Gasteiger partial charge in [-0.15, -0.1) is 0 Å². The number of hydrogen-bond donors (Lipinski definition) is 0. The quantitative estimate of drug-likeness (QED) is 0.267. The van der Waals surface area contributed by atoms with Crippen LogP contribution in [0.5, 0.6) is 0 Å². The summed E-state index contributed by atoms with van der Waals surface area (Å²) in [5, 5.41) is 19.1. The van der Waals surface area contributed by atoms with Gasteiger partial charge in [0.1, 0.15) is 0 Å². The maximum Gasteiger partial charge on any atom is 0.416 e. The van der Waals surface area contributed by atoms with E-state index >= 15 is 0 Å². The molecular weight excluding hydrogens is 458 g/mol. The van der Waals surface area contributed by atoms with Crippen molar-refractivity contribution in [1.82, 2.24) is 0 Å². The fourth-order valence-corrected chi connectivity index (χ4v) is 5.03. The largest absolute Gasteiger partial charge is 0.416 e. The van der Waals surface area contributed by atoms with Crippen molar-refractivity contribution < 1.29 is 26.3 Å². The van der Waals surface area contributed by atoms with Gasteiger partial charge in [0, 0.05) is 11.8 Å². The van der Waals surface area contributed by atoms with Crippen LogP contribution in [-0.4, -0.2) is 6.04 Å². The molecule has 34 heavy (non-hydrogen) atoms. The van der Waals surface area contributed by atoms with E-state index in [-0.39, 0.29) is 27.8 Å². The van der Waals surface area contributed by atoms with Crippen LogP contribution in [0.1, 0.15) is 51.1 Å². The summed E-state index contributed by atoms with van der Waals surface area (Å²) in [6, 6.07) is 7.56. The highest BCUT2D eigenvalue weighted by Crippen LogP contribution is 2.65. The predicted molar refractivity (Wildman–Crippen MR) is 106 cm³/mol. The fraction of sp³-hybridized carbons (Fsp3) is 0.250. The van der Waals surface area contributed by atoms with Gasteiger partial charge in [-0.05, 0) is 52.1 Å². The number of allylic oxidation sites excluding steroid dienone is 2. The number of nitrogens with zero attached hydrogens (tertiary/aromatic N) is 4. The fourth-order valence-electron chi connectivity index (χ4n) is 5.03. The van der Waals surface area contributed by atoms with Gasteiger partial charge >= 0.3 is 18.4 Å². The molecule has 168 valence electrons. The molecule has 4 rings (SSSR count). The molecule has 0 radical (unpaired) electrons. The summed E-state index contributed by atoms with van der Waals surface area (Å²) >= 11 is 0. The van der Waals surface area contributed by atoms with Crippen LogP contribution in [0.4, 0.5) is 26.3 Å². The molecule has 0 aromatic heterocycles. The van der Waals surface area contributed by atoms with Crippen molar-refractivity contribution in [2.45, 2.75) is 36.1 Å². The molecule has 0 aliphatic heterocycles. The summed E-state index contributed by atoms with van der Waals surface area (Å²) < 4.78 is 80.9. The lowest BCUT2D eigenvalue weighted by molar-refractivity contribution is -0.138. The van der Waals surface area contributed by atoms with Crippen LogP contribution in [0.15, 0.2) is 42.1 Å². The minimum absolute atomic E-state index is 0.0102. The smallest absolute Gasteiger partial charge is 0.297 e. The molecule has 10 heteroatoms. The lowest BCUT2D eigenvalue weighted by Crippen LogP contribution is -2.18. The topological polar surface area (TPSA) is 56.3 Å². The summed E-state index contributed by atoms with van der Waals surface area (Å²) in [6.45, 7) is 14.8. The number of fused-ring (bicyclic) bond motifs is 5. The molecule has 2 aliphatic rings. The van der Waals surface area contributed by atoms with Crippen molar-refractivity contribution in [1.29, 1.82) is 10.5 Å². The summed E-state index contributed by atoms with van der Waals surface area (Å²) in [6.07, 6.45) is -9.46. The standard InChI is InChI=1S/C24H10F6N4/c1-33-17(9-31)19-13-5-3-11(23(25,26)27)7-15(13)22-20(18(10-32)34-2)14-6-4-12(24(28,29)30)8-16(14)21(19)22/h3-8,17,19,21-22H/b20-18+. The third-order valence-electron chi connectivity index (χ3n) is 6.28. The molecule has 2 aromatic carbocycles. The minimum Gasteiger partial charge on any atom is -0.297 e. The Morgan fingerprint density at radius 1 is 0.882 bits per heavy atom. The molecule has 2 aromatic rings. The van der Waals surface area contributed by atoms with Crippen LogP contribution in [0, 0.1) is 35.8 Å². The van der Waals surface area contributed by atoms with Gasteiger partial charge in [-0.3, -0.25) is 4.85 Å². The van der Waals surface area contributed by atoms with Gasteiger partial charge in [-0.1, -0.05) is 12.1 Å². The van der Waals surface area contributed by atoms with Crippen LogP contribution >= 0.6 is 0 Å². The SMILES string of the molecule is [C-]#[N+]/C(C#N)=C1\c2ccc(C(F)(F)F)cc2C2C1c1cc(C(F)(F)F)ccc1C2C(C#N)[N+]#[C-]. The molecule has 0 N–H and O–H groups in total. The number of hydrogen-bond acceptors (Lipinski definition) is 2. The van der Waals surface area contributed by atoms with Crippen LogP contribution < -0.4 is 0 Å². The Morgan fingerprint density at radius 3 is 1.97 bits per heavy atom. The van der Waals surface area contributed by atoms with Crippen LogP contribution in [0.2, 0.25) is 0 Å². The van der Waals surface area contributed by atoms with Crippen molar-refractivity contribution in [3.05, 3.63) is 98.3 Å². The average molecular weight is 468 g/mol. The average Bonchev–Trinajstić information content (AvgIpc) is 3.27. The molecule has 0 fully saturated rings. The van der Waals surface area contributed by atoms with Crippen molar-refractivity contribution in [2.75, 3.05) is 0 Å². The lowest BCUT2D eigenvalue weighted by atomic mass is 9.81. The molecule has 2 aliphatic carbocycles. The van der Waals surface area contributed by atoms with Gasteiger partial charge in [0.05, 0.1) is 29.7 Å². The number of rotatable bonds is 1. The van der Waals surface area contributed by atoms with E-state index in [1.165, 1.54) is 0 Å². The van der Waals surface area contributed by atoms with Gasteiger partial charge < -0.3 is 0 Å². The van der Waals surface area contributed by atoms with E-state index < -0.39 is 53.0 Å². The second-order valence-corrected chi connectivity index (χ2v) is 7.86. The summed E-state index contributed by atoms with van der Waals surface area (Å²) in [7, 11) is 0. The van der Waals surface area contributed by atoms with Crippen molar-refractivity contribution in [2.24, 2.45) is 0 Å². The van der Waals surface area contributed by atoms with E-state index in [0.29, 0.717) is 0 Å². The van der Waals surface area contributed by atoms with E-state index in [2.05, 4.69) is 9.69 Å². The molecule has 4 atom stereocenters. The second-order valence-electron chi connectivity index (χ2n) is 7.86. The zero-order valence-corrected chi connectivity index (χ0v) is 16.8. The van der Waals surface area contributed by atoms with E-state index in [4.69, 9.17) is 13.1 Å². The first kappa shape index (κ1) is 22.9. The van der Waals surface area contributed by atoms with Gasteiger partial charge in [0.2, 0.25) is 0 Å². The monoisotopic (exact) mass is 468 g/mol. The molecule has 0 bridgehead atoms. The van der Waals surface area contributed by atoms with Gasteiger partial charge in [-0.25, -0.2) is 16.7 Å². The molecule has 0 saturated carbocycles. The third-order valence-corrected chi connectivity index (χ3v) is 6.28. The number of nitriles is 2. The molecule has 0 amide bonds. The molecular formula is C24H10F6N4. The van der Waals surface area contributed by atoms with E-state index in [1.807, 2.05) is 0 Å². The highest BCUT2D eigenvalue weighted by Gasteiger charge is 2.55. The first-order valence-electron chi connectivity index (χ1n) is 9.68. The summed E-state index contributed by atoms with van der Waals surface area (Å²) in [5.41, 5.74) is -2.05. The second kappa shape index (κ2) is 7.65. The first-order chi connectivity index (χ1) is 16.0. The number of alkyl halides is 6. The zero-order valence-electron chi connectivity index (χ0n) is 16.8. The zero-order chi connectivity index (χ0) is 25.0. The lowest BCUT2D eigenvalue weighted by Gasteiger charge is -2.20. The van der Waals surface area contributed by atoms with Crippen LogP contribution in [-0.2, 0) is 12.4 Å². The normalized spacial score (nSPS) is 22.8. The Kier molecular flexibility index (Phi) is 5.15. The van der Waals surface area contributed by atoms with Gasteiger partial charge in [0.15, 0.2) is 6.07 Å². The maximum atomic E-state index is 13.5. The first-order valence-corrected chi connectivity index (χ1v) is 9.68. The third kappa shape index (κ3) is 3.28. The molecule has 4 nitrogen and oxygen atoms in total. The van der Waals surface area contributed by atoms with Gasteiger partial charge in [0.25, 0.3) is 5.70 Å². The van der Waals surface area contributed by atoms with E-state index in [0.717, 1.165) is 36.4 Å². The molecule has 0 heterocycles. The highest BCUT2D eigenvalue weighted by molar-refractivity contribution is 5.87. The Balaban J connectivity index is 2.11. The molecule has 4 unspecified atom stereocenters. The molecule has 0 spiro atoms. The van der Waals surface area contributed by atoms with E-state index in [9.17, 15) is 36.9 Å². The number of benzene rings is 2. The van der Waals surface area contributed by atoms with Crippen LogP contribution in [0.25, 0.3) is 15.3 Å².